The van der Waals surface area contributed by atoms with Crippen molar-refractivity contribution in [2.24, 2.45) is 5.92 Å². The van der Waals surface area contributed by atoms with Crippen molar-refractivity contribution >= 4 is 39.9 Å². The number of nitrogens with zero attached hydrogens (tertiary/aromatic N) is 1. The van der Waals surface area contributed by atoms with Crippen molar-refractivity contribution in [1.82, 2.24) is 4.90 Å². The molecule has 0 atom stereocenters. The van der Waals surface area contributed by atoms with E-state index in [1.54, 1.807) is 12.1 Å². The number of halogens is 1. The number of likely N-dealkylation sites (tertiary alicyclic amines) is 1. The minimum absolute atomic E-state index is 0.00976. The van der Waals surface area contributed by atoms with Gasteiger partial charge in [-0.3, -0.25) is 9.59 Å². The lowest BCUT2D eigenvalue weighted by atomic mass is 9.94. The Morgan fingerprint density at radius 1 is 0.938 bits per heavy atom. The van der Waals surface area contributed by atoms with Crippen LogP contribution in [0.25, 0.3) is 10.8 Å². The first kappa shape index (κ1) is 20.6. The quantitative estimate of drug-likeness (QED) is 0.625. The SMILES string of the molecule is O=C(Nc1cc2c(cc1Cl)OCCO2)C1CCN(C(=O)c2cccc3ccccc23)CC1. The summed E-state index contributed by atoms with van der Waals surface area (Å²) in [6.45, 7) is 2.01. The van der Waals surface area contributed by atoms with Crippen LogP contribution in [-0.4, -0.2) is 43.0 Å². The summed E-state index contributed by atoms with van der Waals surface area (Å²) in [5, 5.41) is 5.33. The highest BCUT2D eigenvalue weighted by molar-refractivity contribution is 6.34. The van der Waals surface area contributed by atoms with E-state index in [-0.39, 0.29) is 17.7 Å². The van der Waals surface area contributed by atoms with Crippen molar-refractivity contribution in [3.63, 3.8) is 0 Å². The lowest BCUT2D eigenvalue weighted by molar-refractivity contribution is -0.121. The number of carbonyl (C=O) groups is 2. The van der Waals surface area contributed by atoms with Gasteiger partial charge in [-0.05, 0) is 29.7 Å². The number of hydrogen-bond donors (Lipinski definition) is 1. The topological polar surface area (TPSA) is 67.9 Å². The molecule has 2 aliphatic heterocycles. The van der Waals surface area contributed by atoms with Gasteiger partial charge in [0.25, 0.3) is 5.91 Å². The minimum atomic E-state index is -0.184. The number of hydrogen-bond acceptors (Lipinski definition) is 4. The van der Waals surface area contributed by atoms with Crippen molar-refractivity contribution in [3.05, 3.63) is 65.2 Å². The maximum atomic E-state index is 13.1. The number of piperidine rings is 1. The van der Waals surface area contributed by atoms with Gasteiger partial charge < -0.3 is 19.7 Å². The molecule has 1 N–H and O–H groups in total. The largest absolute Gasteiger partial charge is 0.486 e. The fourth-order valence-electron chi connectivity index (χ4n) is 4.32. The summed E-state index contributed by atoms with van der Waals surface area (Å²) < 4.78 is 11.1. The summed E-state index contributed by atoms with van der Waals surface area (Å²) in [5.74, 6) is 0.887. The average molecular weight is 451 g/mol. The highest BCUT2D eigenvalue weighted by Crippen LogP contribution is 2.38. The molecule has 1 saturated heterocycles. The van der Waals surface area contributed by atoms with Gasteiger partial charge in [-0.15, -0.1) is 0 Å². The molecule has 2 aliphatic rings. The third-order valence-corrected chi connectivity index (χ3v) is 6.38. The Bertz CT molecular complexity index is 1180. The summed E-state index contributed by atoms with van der Waals surface area (Å²) in [7, 11) is 0. The van der Waals surface area contributed by atoms with Gasteiger partial charge in [0.05, 0.1) is 10.7 Å². The maximum Gasteiger partial charge on any atom is 0.254 e. The number of amides is 2. The number of anilines is 1. The molecule has 0 unspecified atom stereocenters. The zero-order valence-electron chi connectivity index (χ0n) is 17.5. The molecule has 0 aliphatic carbocycles. The standard InChI is InChI=1S/C25H23ClN2O4/c26-20-14-22-23(32-13-12-31-22)15-21(20)27-24(29)17-8-10-28(11-9-17)25(30)19-7-3-5-16-4-1-2-6-18(16)19/h1-7,14-15,17H,8-13H2,(H,27,29). The summed E-state index contributed by atoms with van der Waals surface area (Å²) in [5.41, 5.74) is 1.21. The van der Waals surface area contributed by atoms with E-state index in [0.29, 0.717) is 66.9 Å². The van der Waals surface area contributed by atoms with Gasteiger partial charge in [0.15, 0.2) is 11.5 Å². The Balaban J connectivity index is 1.24. The van der Waals surface area contributed by atoms with E-state index in [1.165, 1.54) is 0 Å². The van der Waals surface area contributed by atoms with Crippen LogP contribution in [0.4, 0.5) is 5.69 Å². The number of ether oxygens (including phenoxy) is 2. The lowest BCUT2D eigenvalue weighted by Crippen LogP contribution is -2.41. The van der Waals surface area contributed by atoms with E-state index in [0.717, 1.165) is 10.8 Å². The third kappa shape index (κ3) is 3.98. The molecule has 3 aromatic carbocycles. The van der Waals surface area contributed by atoms with Crippen LogP contribution in [0.15, 0.2) is 54.6 Å². The second-order valence-corrected chi connectivity index (χ2v) is 8.47. The predicted octanol–water partition coefficient (Wildman–Crippen LogP) is 4.76. The summed E-state index contributed by atoms with van der Waals surface area (Å²) >= 11 is 6.32. The highest BCUT2D eigenvalue weighted by Gasteiger charge is 2.29. The van der Waals surface area contributed by atoms with E-state index in [4.69, 9.17) is 21.1 Å². The average Bonchev–Trinajstić information content (AvgIpc) is 2.84. The molecule has 0 saturated carbocycles. The van der Waals surface area contributed by atoms with Crippen molar-refractivity contribution in [2.75, 3.05) is 31.6 Å². The van der Waals surface area contributed by atoms with E-state index < -0.39 is 0 Å². The molecule has 32 heavy (non-hydrogen) atoms. The lowest BCUT2D eigenvalue weighted by Gasteiger charge is -2.31. The summed E-state index contributed by atoms with van der Waals surface area (Å²) in [6, 6.07) is 17.0. The van der Waals surface area contributed by atoms with E-state index >= 15 is 0 Å². The van der Waals surface area contributed by atoms with Crippen LogP contribution >= 0.6 is 11.6 Å². The number of nitrogens with one attached hydrogen (secondary N) is 1. The van der Waals surface area contributed by atoms with Crippen LogP contribution in [-0.2, 0) is 4.79 Å². The number of rotatable bonds is 3. The third-order valence-electron chi connectivity index (χ3n) is 6.06. The van der Waals surface area contributed by atoms with Crippen molar-refractivity contribution in [1.29, 1.82) is 0 Å². The van der Waals surface area contributed by atoms with Crippen molar-refractivity contribution in [3.8, 4) is 11.5 Å². The Morgan fingerprint density at radius 2 is 1.62 bits per heavy atom. The molecule has 2 amide bonds. The molecule has 7 heteroatoms. The molecule has 5 rings (SSSR count). The fraction of sp³-hybridized carbons (Fsp3) is 0.280. The molecule has 2 heterocycles. The first-order chi connectivity index (χ1) is 15.6. The zero-order chi connectivity index (χ0) is 22.1. The molecule has 0 bridgehead atoms. The first-order valence-corrected chi connectivity index (χ1v) is 11.1. The van der Waals surface area contributed by atoms with Crippen LogP contribution in [0, 0.1) is 5.92 Å². The molecule has 3 aromatic rings. The van der Waals surface area contributed by atoms with Gasteiger partial charge in [0.1, 0.15) is 13.2 Å². The fourth-order valence-corrected chi connectivity index (χ4v) is 4.52. The molecule has 0 aromatic heterocycles. The van der Waals surface area contributed by atoms with Gasteiger partial charge in [-0.2, -0.15) is 0 Å². The second kappa shape index (κ2) is 8.71. The summed E-state index contributed by atoms with van der Waals surface area (Å²) in [4.78, 5) is 27.8. The highest BCUT2D eigenvalue weighted by atomic mass is 35.5. The summed E-state index contributed by atoms with van der Waals surface area (Å²) in [6.07, 6.45) is 1.20. The molecular weight excluding hydrogens is 428 g/mol. The van der Waals surface area contributed by atoms with Crippen LogP contribution in [0.5, 0.6) is 11.5 Å². The van der Waals surface area contributed by atoms with Crippen molar-refractivity contribution < 1.29 is 19.1 Å². The minimum Gasteiger partial charge on any atom is -0.486 e. The monoisotopic (exact) mass is 450 g/mol. The number of carbonyl (C=O) groups excluding carboxylic acids is 2. The Hall–Kier alpha value is -3.25. The molecule has 164 valence electrons. The Kier molecular flexibility index (Phi) is 5.62. The Morgan fingerprint density at radius 3 is 2.41 bits per heavy atom. The number of benzene rings is 3. The molecule has 6 nitrogen and oxygen atoms in total. The normalized spacial score (nSPS) is 16.1. The van der Waals surface area contributed by atoms with Crippen LogP contribution < -0.4 is 14.8 Å². The van der Waals surface area contributed by atoms with Gasteiger partial charge in [0.2, 0.25) is 5.91 Å². The maximum absolute atomic E-state index is 13.1. The molecule has 0 radical (unpaired) electrons. The molecule has 1 fully saturated rings. The zero-order valence-corrected chi connectivity index (χ0v) is 18.2. The first-order valence-electron chi connectivity index (χ1n) is 10.8. The Labute approximate surface area is 191 Å². The second-order valence-electron chi connectivity index (χ2n) is 8.06. The van der Waals surface area contributed by atoms with Gasteiger partial charge >= 0.3 is 0 Å². The van der Waals surface area contributed by atoms with Crippen LogP contribution in [0.3, 0.4) is 0 Å². The van der Waals surface area contributed by atoms with Crippen molar-refractivity contribution in [2.45, 2.75) is 12.8 Å². The van der Waals surface area contributed by atoms with E-state index in [1.807, 2.05) is 47.4 Å². The van der Waals surface area contributed by atoms with Crippen LogP contribution in [0.1, 0.15) is 23.2 Å². The smallest absolute Gasteiger partial charge is 0.254 e. The van der Waals surface area contributed by atoms with Gasteiger partial charge in [-0.25, -0.2) is 0 Å². The van der Waals surface area contributed by atoms with E-state index in [9.17, 15) is 9.59 Å². The molecule has 0 spiro atoms. The number of fused-ring (bicyclic) bond motifs is 2. The van der Waals surface area contributed by atoms with Crippen LogP contribution in [0.2, 0.25) is 5.02 Å². The van der Waals surface area contributed by atoms with Gasteiger partial charge in [-0.1, -0.05) is 48.0 Å². The van der Waals surface area contributed by atoms with E-state index in [2.05, 4.69) is 5.32 Å². The van der Waals surface area contributed by atoms with Gasteiger partial charge in [0, 0.05) is 36.7 Å². The molecular formula is C25H23ClN2O4. The predicted molar refractivity (Wildman–Crippen MR) is 124 cm³/mol.